The van der Waals surface area contributed by atoms with Crippen LogP contribution in [0.2, 0.25) is 0 Å². The second-order valence-electron chi connectivity index (χ2n) is 7.85. The third-order valence-corrected chi connectivity index (χ3v) is 6.08. The van der Waals surface area contributed by atoms with Crippen molar-refractivity contribution in [3.05, 3.63) is 5.82 Å². The Labute approximate surface area is 160 Å². The summed E-state index contributed by atoms with van der Waals surface area (Å²) in [6.45, 7) is 7.90. The summed E-state index contributed by atoms with van der Waals surface area (Å²) in [6.07, 6.45) is 6.41. The lowest BCUT2D eigenvalue weighted by atomic mass is 10.2. The summed E-state index contributed by atoms with van der Waals surface area (Å²) in [7, 11) is 0. The van der Waals surface area contributed by atoms with Gasteiger partial charge < -0.3 is 9.64 Å². The van der Waals surface area contributed by atoms with Crippen molar-refractivity contribution in [3.63, 3.8) is 0 Å². The van der Waals surface area contributed by atoms with E-state index in [1.54, 1.807) is 4.68 Å². The van der Waals surface area contributed by atoms with E-state index in [1.807, 2.05) is 4.90 Å². The standard InChI is InChI=1S/C18H31N7O2/c26-18(24-7-3-6-23(8-9-24)16-4-1-2-5-16)15-25-17(19-20-21-25)14-22-10-12-27-13-11-22/h16H,1-15H2. The minimum atomic E-state index is 0.124. The molecule has 3 fully saturated rings. The molecular weight excluding hydrogens is 346 g/mol. The number of tetrazole rings is 1. The summed E-state index contributed by atoms with van der Waals surface area (Å²) in [4.78, 5) is 19.7. The van der Waals surface area contributed by atoms with Crippen LogP contribution in [0.15, 0.2) is 0 Å². The van der Waals surface area contributed by atoms with Gasteiger partial charge in [0.25, 0.3) is 0 Å². The van der Waals surface area contributed by atoms with E-state index in [0.29, 0.717) is 6.54 Å². The highest BCUT2D eigenvalue weighted by Crippen LogP contribution is 2.24. The molecule has 0 bridgehead atoms. The molecule has 9 nitrogen and oxygen atoms in total. The normalized spacial score (nSPS) is 23.6. The van der Waals surface area contributed by atoms with Gasteiger partial charge in [-0.1, -0.05) is 12.8 Å². The van der Waals surface area contributed by atoms with Gasteiger partial charge in [-0.25, -0.2) is 4.68 Å². The van der Waals surface area contributed by atoms with Crippen molar-refractivity contribution < 1.29 is 9.53 Å². The summed E-state index contributed by atoms with van der Waals surface area (Å²) in [6, 6.07) is 0.736. The van der Waals surface area contributed by atoms with E-state index >= 15 is 0 Å². The van der Waals surface area contributed by atoms with E-state index in [4.69, 9.17) is 4.74 Å². The quantitative estimate of drug-likeness (QED) is 0.714. The Morgan fingerprint density at radius 2 is 1.81 bits per heavy atom. The summed E-state index contributed by atoms with van der Waals surface area (Å²) in [5.74, 6) is 0.881. The van der Waals surface area contributed by atoms with Gasteiger partial charge >= 0.3 is 0 Å². The number of carbonyl (C=O) groups is 1. The van der Waals surface area contributed by atoms with Gasteiger partial charge in [-0.15, -0.1) is 5.10 Å². The Morgan fingerprint density at radius 3 is 2.63 bits per heavy atom. The maximum atomic E-state index is 12.8. The number of amides is 1. The molecule has 2 saturated heterocycles. The maximum absolute atomic E-state index is 12.8. The van der Waals surface area contributed by atoms with Crippen LogP contribution >= 0.6 is 0 Å². The SMILES string of the molecule is O=C(Cn1nnnc1CN1CCOCC1)N1CCCN(C2CCCC2)CC1. The van der Waals surface area contributed by atoms with Crippen molar-refractivity contribution in [2.75, 3.05) is 52.5 Å². The fourth-order valence-corrected chi connectivity index (χ4v) is 4.47. The van der Waals surface area contributed by atoms with Crippen molar-refractivity contribution in [2.45, 2.75) is 51.2 Å². The van der Waals surface area contributed by atoms with Crippen LogP contribution in [-0.2, 0) is 22.6 Å². The van der Waals surface area contributed by atoms with Crippen molar-refractivity contribution in [3.8, 4) is 0 Å². The molecule has 0 unspecified atom stereocenters. The molecule has 0 atom stereocenters. The van der Waals surface area contributed by atoms with Crippen molar-refractivity contribution in [2.24, 2.45) is 0 Å². The Hall–Kier alpha value is -1.58. The third kappa shape index (κ3) is 4.83. The van der Waals surface area contributed by atoms with Gasteiger partial charge in [0.1, 0.15) is 6.54 Å². The van der Waals surface area contributed by atoms with Gasteiger partial charge in [0, 0.05) is 45.3 Å². The first kappa shape index (κ1) is 18.8. The lowest BCUT2D eigenvalue weighted by Crippen LogP contribution is -2.40. The van der Waals surface area contributed by atoms with Crippen LogP contribution in [0.1, 0.15) is 37.9 Å². The number of aromatic nitrogens is 4. The number of nitrogens with zero attached hydrogens (tertiary/aromatic N) is 7. The van der Waals surface area contributed by atoms with Crippen LogP contribution in [0.3, 0.4) is 0 Å². The highest BCUT2D eigenvalue weighted by Gasteiger charge is 2.26. The molecule has 27 heavy (non-hydrogen) atoms. The third-order valence-electron chi connectivity index (χ3n) is 6.08. The van der Waals surface area contributed by atoms with Gasteiger partial charge in [0.05, 0.1) is 19.8 Å². The van der Waals surface area contributed by atoms with Gasteiger partial charge in [0.15, 0.2) is 5.82 Å². The lowest BCUT2D eigenvalue weighted by molar-refractivity contribution is -0.132. The summed E-state index contributed by atoms with van der Waals surface area (Å²) in [5, 5.41) is 12.0. The topological polar surface area (TPSA) is 79.6 Å². The van der Waals surface area contributed by atoms with E-state index in [2.05, 4.69) is 25.3 Å². The number of carbonyl (C=O) groups excluding carboxylic acids is 1. The average Bonchev–Trinajstić information content (AvgIpc) is 3.30. The van der Waals surface area contributed by atoms with Crippen LogP contribution in [0.25, 0.3) is 0 Å². The molecule has 4 rings (SSSR count). The molecule has 1 aromatic rings. The first-order valence-corrected chi connectivity index (χ1v) is 10.4. The van der Waals surface area contributed by atoms with Crippen LogP contribution in [0.5, 0.6) is 0 Å². The smallest absolute Gasteiger partial charge is 0.244 e. The molecule has 0 N–H and O–H groups in total. The molecule has 2 aliphatic heterocycles. The van der Waals surface area contributed by atoms with Crippen molar-refractivity contribution in [1.29, 1.82) is 0 Å². The van der Waals surface area contributed by atoms with Gasteiger partial charge in [-0.3, -0.25) is 14.6 Å². The summed E-state index contributed by atoms with van der Waals surface area (Å²) in [5.41, 5.74) is 0. The molecule has 0 spiro atoms. The molecule has 3 aliphatic rings. The average molecular weight is 377 g/mol. The molecule has 1 aliphatic carbocycles. The molecular formula is C18H31N7O2. The summed E-state index contributed by atoms with van der Waals surface area (Å²) < 4.78 is 7.05. The first-order chi connectivity index (χ1) is 13.3. The number of rotatable bonds is 5. The van der Waals surface area contributed by atoms with Crippen LogP contribution < -0.4 is 0 Å². The minimum absolute atomic E-state index is 0.124. The number of ether oxygens (including phenoxy) is 1. The fraction of sp³-hybridized carbons (Fsp3) is 0.889. The molecule has 0 radical (unpaired) electrons. The largest absolute Gasteiger partial charge is 0.379 e. The van der Waals surface area contributed by atoms with Crippen LogP contribution in [-0.4, -0.2) is 99.3 Å². The maximum Gasteiger partial charge on any atom is 0.244 e. The van der Waals surface area contributed by atoms with Crippen molar-refractivity contribution >= 4 is 5.91 Å². The second-order valence-corrected chi connectivity index (χ2v) is 7.85. The zero-order valence-corrected chi connectivity index (χ0v) is 16.1. The molecule has 3 heterocycles. The molecule has 1 saturated carbocycles. The van der Waals surface area contributed by atoms with Crippen molar-refractivity contribution in [1.82, 2.24) is 34.9 Å². The zero-order chi connectivity index (χ0) is 18.5. The highest BCUT2D eigenvalue weighted by molar-refractivity contribution is 5.76. The molecule has 1 aromatic heterocycles. The van der Waals surface area contributed by atoms with E-state index < -0.39 is 0 Å². The predicted octanol–water partition coefficient (Wildman–Crippen LogP) is -0.0178. The Bertz CT molecular complexity index is 611. The second kappa shape index (κ2) is 9.07. The Morgan fingerprint density at radius 1 is 1.00 bits per heavy atom. The molecule has 9 heteroatoms. The van der Waals surface area contributed by atoms with E-state index in [0.717, 1.165) is 70.8 Å². The first-order valence-electron chi connectivity index (χ1n) is 10.4. The van der Waals surface area contributed by atoms with Gasteiger partial charge in [0.2, 0.25) is 5.91 Å². The Balaban J connectivity index is 1.30. The van der Waals surface area contributed by atoms with Gasteiger partial charge in [-0.05, 0) is 29.7 Å². The zero-order valence-electron chi connectivity index (χ0n) is 16.1. The number of morpholine rings is 1. The number of hydrogen-bond acceptors (Lipinski definition) is 7. The number of hydrogen-bond donors (Lipinski definition) is 0. The molecule has 0 aromatic carbocycles. The molecule has 150 valence electrons. The monoisotopic (exact) mass is 377 g/mol. The van der Waals surface area contributed by atoms with Gasteiger partial charge in [-0.2, -0.15) is 0 Å². The van der Waals surface area contributed by atoms with E-state index in [1.165, 1.54) is 25.7 Å². The van der Waals surface area contributed by atoms with Crippen LogP contribution in [0, 0.1) is 0 Å². The van der Waals surface area contributed by atoms with Crippen LogP contribution in [0.4, 0.5) is 0 Å². The van der Waals surface area contributed by atoms with E-state index in [-0.39, 0.29) is 12.5 Å². The molecule has 1 amide bonds. The fourth-order valence-electron chi connectivity index (χ4n) is 4.47. The summed E-state index contributed by atoms with van der Waals surface area (Å²) >= 11 is 0. The lowest BCUT2D eigenvalue weighted by Gasteiger charge is -2.27. The van der Waals surface area contributed by atoms with E-state index in [9.17, 15) is 4.79 Å². The highest BCUT2D eigenvalue weighted by atomic mass is 16.5. The predicted molar refractivity (Wildman–Crippen MR) is 98.9 cm³/mol. The Kier molecular flexibility index (Phi) is 6.31. The minimum Gasteiger partial charge on any atom is -0.379 e.